The molecule has 0 aliphatic carbocycles. The third kappa shape index (κ3) is 6.10. The molecule has 8 aromatic carbocycles. The number of rotatable bonds is 6. The number of anilines is 6. The van der Waals surface area contributed by atoms with Crippen LogP contribution in [0, 0.1) is 0 Å². The minimum Gasteiger partial charge on any atom is -0.310 e. The van der Waals surface area contributed by atoms with Crippen molar-refractivity contribution in [3.63, 3.8) is 0 Å². The van der Waals surface area contributed by atoms with E-state index in [2.05, 4.69) is 232 Å². The maximum absolute atomic E-state index is 5.24. The van der Waals surface area contributed by atoms with Crippen molar-refractivity contribution >= 4 is 45.7 Å². The molecule has 0 unspecified atom stereocenters. The van der Waals surface area contributed by atoms with E-state index in [1.807, 2.05) is 0 Å². The third-order valence-corrected chi connectivity index (χ3v) is 13.6. The first-order chi connectivity index (χ1) is 29.8. The van der Waals surface area contributed by atoms with Gasteiger partial charge in [0.25, 0.3) is 0 Å². The lowest BCUT2D eigenvalue weighted by Gasteiger charge is -2.42. The molecule has 0 fully saturated rings. The van der Waals surface area contributed by atoms with Crippen molar-refractivity contribution in [2.75, 3.05) is 9.80 Å². The standard InChI is InChI=1S/C56H44N4S/c1-55(2)45-19-11-13-21-49(45)59(43-29-23-39(24-30-43)37-15-7-5-8-16-37)51-33-27-41(35-47(51)55)53-57-54(61-58-53)42-28-34-52-48(36-42)56(3,4)46-20-12-14-22-50(46)60(52)44-31-25-40(26-32-44)38-17-9-6-10-18-38/h5-36H,1-4H3. The predicted molar refractivity (Wildman–Crippen MR) is 255 cm³/mol. The summed E-state index contributed by atoms with van der Waals surface area (Å²) in [6.45, 7) is 9.34. The van der Waals surface area contributed by atoms with Gasteiger partial charge >= 0.3 is 0 Å². The number of fused-ring (bicyclic) bond motifs is 4. The molecule has 61 heavy (non-hydrogen) atoms. The van der Waals surface area contributed by atoms with Gasteiger partial charge in [0.05, 0.1) is 22.7 Å². The Kier molecular flexibility index (Phi) is 8.66. The lowest BCUT2D eigenvalue weighted by atomic mass is 9.73. The van der Waals surface area contributed by atoms with E-state index in [1.54, 1.807) is 0 Å². The summed E-state index contributed by atoms with van der Waals surface area (Å²) in [5.74, 6) is 0.749. The molecule has 294 valence electrons. The Morgan fingerprint density at radius 2 is 0.738 bits per heavy atom. The largest absolute Gasteiger partial charge is 0.310 e. The fourth-order valence-electron chi connectivity index (χ4n) is 9.56. The molecule has 9 aromatic rings. The van der Waals surface area contributed by atoms with Gasteiger partial charge in [0.15, 0.2) is 5.82 Å². The van der Waals surface area contributed by atoms with Crippen molar-refractivity contribution in [2.45, 2.75) is 38.5 Å². The van der Waals surface area contributed by atoms with Crippen molar-refractivity contribution in [1.82, 2.24) is 9.36 Å². The Hall–Kier alpha value is -7.08. The first-order valence-electron chi connectivity index (χ1n) is 21.0. The van der Waals surface area contributed by atoms with Crippen molar-refractivity contribution in [3.05, 3.63) is 216 Å². The van der Waals surface area contributed by atoms with Crippen LogP contribution in [0.2, 0.25) is 0 Å². The number of hydrogen-bond acceptors (Lipinski definition) is 5. The number of benzene rings is 8. The number of para-hydroxylation sites is 2. The van der Waals surface area contributed by atoms with Crippen molar-refractivity contribution < 1.29 is 0 Å². The highest BCUT2D eigenvalue weighted by molar-refractivity contribution is 7.09. The Morgan fingerprint density at radius 3 is 1.23 bits per heavy atom. The van der Waals surface area contributed by atoms with Gasteiger partial charge in [-0.05, 0) is 129 Å². The van der Waals surface area contributed by atoms with Crippen LogP contribution in [0.1, 0.15) is 49.9 Å². The number of aromatic nitrogens is 2. The summed E-state index contributed by atoms with van der Waals surface area (Å²) in [6, 6.07) is 70.2. The zero-order chi connectivity index (χ0) is 41.3. The van der Waals surface area contributed by atoms with Gasteiger partial charge in [-0.2, -0.15) is 4.37 Å². The average Bonchev–Trinajstić information content (AvgIpc) is 3.81. The zero-order valence-corrected chi connectivity index (χ0v) is 35.5. The second kappa shape index (κ2) is 14.3. The van der Waals surface area contributed by atoms with Gasteiger partial charge in [-0.25, -0.2) is 4.98 Å². The second-order valence-electron chi connectivity index (χ2n) is 17.2. The molecule has 0 saturated heterocycles. The summed E-state index contributed by atoms with van der Waals surface area (Å²) in [6.07, 6.45) is 0. The van der Waals surface area contributed by atoms with Crippen LogP contribution in [-0.2, 0) is 10.8 Å². The van der Waals surface area contributed by atoms with Crippen LogP contribution in [0.15, 0.2) is 194 Å². The second-order valence-corrected chi connectivity index (χ2v) is 17.9. The molecule has 0 saturated carbocycles. The summed E-state index contributed by atoms with van der Waals surface area (Å²) >= 11 is 1.47. The van der Waals surface area contributed by atoms with Crippen LogP contribution in [0.3, 0.4) is 0 Å². The molecule has 0 spiro atoms. The molecule has 2 aliphatic heterocycles. The predicted octanol–water partition coefficient (Wildman–Crippen LogP) is 15.4. The Balaban J connectivity index is 0.952. The lowest BCUT2D eigenvalue weighted by molar-refractivity contribution is 0.632. The van der Waals surface area contributed by atoms with Crippen molar-refractivity contribution in [2.24, 2.45) is 0 Å². The van der Waals surface area contributed by atoms with Crippen LogP contribution >= 0.6 is 11.5 Å². The number of hydrogen-bond donors (Lipinski definition) is 0. The van der Waals surface area contributed by atoms with Gasteiger partial charge in [0.1, 0.15) is 5.01 Å². The summed E-state index contributed by atoms with van der Waals surface area (Å²) in [7, 11) is 0. The van der Waals surface area contributed by atoms with E-state index in [1.165, 1.54) is 78.8 Å². The van der Waals surface area contributed by atoms with Crippen LogP contribution in [0.5, 0.6) is 0 Å². The molecule has 0 radical (unpaired) electrons. The average molecular weight is 805 g/mol. The Bertz CT molecular complexity index is 2870. The monoisotopic (exact) mass is 804 g/mol. The summed E-state index contributed by atoms with van der Waals surface area (Å²) < 4.78 is 5.01. The van der Waals surface area contributed by atoms with Crippen LogP contribution in [-0.4, -0.2) is 9.36 Å². The molecular weight excluding hydrogens is 761 g/mol. The van der Waals surface area contributed by atoms with Gasteiger partial charge in [0.2, 0.25) is 0 Å². The minimum atomic E-state index is -0.241. The van der Waals surface area contributed by atoms with Gasteiger partial charge < -0.3 is 9.80 Å². The van der Waals surface area contributed by atoms with Gasteiger partial charge in [-0.15, -0.1) is 0 Å². The zero-order valence-electron chi connectivity index (χ0n) is 34.7. The van der Waals surface area contributed by atoms with E-state index in [9.17, 15) is 0 Å². The molecule has 2 aliphatic rings. The van der Waals surface area contributed by atoms with Gasteiger partial charge in [-0.3, -0.25) is 0 Å². The highest BCUT2D eigenvalue weighted by Gasteiger charge is 2.39. The maximum Gasteiger partial charge on any atom is 0.173 e. The SMILES string of the molecule is CC1(C)c2ccccc2N(c2ccc(-c3ccccc3)cc2)c2ccc(-c3nsc(-c4ccc5c(c4)C(C)(C)c4ccccc4N5c4ccc(-c5ccccc5)cc4)n3)cc21. The Labute approximate surface area is 362 Å². The topological polar surface area (TPSA) is 32.3 Å². The normalized spacial score (nSPS) is 14.4. The molecule has 0 atom stereocenters. The van der Waals surface area contributed by atoms with Gasteiger partial charge in [0, 0.05) is 33.3 Å². The van der Waals surface area contributed by atoms with Crippen molar-refractivity contribution in [3.8, 4) is 44.2 Å². The molecule has 3 heterocycles. The first-order valence-corrected chi connectivity index (χ1v) is 21.8. The van der Waals surface area contributed by atoms with E-state index in [4.69, 9.17) is 9.36 Å². The van der Waals surface area contributed by atoms with Crippen molar-refractivity contribution in [1.29, 1.82) is 0 Å². The molecule has 0 N–H and O–H groups in total. The quantitative estimate of drug-likeness (QED) is 0.168. The van der Waals surface area contributed by atoms with E-state index in [0.717, 1.165) is 33.3 Å². The van der Waals surface area contributed by atoms with E-state index < -0.39 is 0 Å². The van der Waals surface area contributed by atoms with Gasteiger partial charge in [-0.1, -0.05) is 149 Å². The highest BCUT2D eigenvalue weighted by Crippen LogP contribution is 2.54. The smallest absolute Gasteiger partial charge is 0.173 e. The fraction of sp³-hybridized carbons (Fsp3) is 0.107. The molecular formula is C56H44N4S. The summed E-state index contributed by atoms with van der Waals surface area (Å²) in [4.78, 5) is 10.1. The summed E-state index contributed by atoms with van der Waals surface area (Å²) in [5.41, 5.74) is 18.6. The molecule has 4 nitrogen and oxygen atoms in total. The van der Waals surface area contributed by atoms with E-state index in [0.29, 0.717) is 0 Å². The van der Waals surface area contributed by atoms with Crippen LogP contribution in [0.25, 0.3) is 44.2 Å². The highest BCUT2D eigenvalue weighted by atomic mass is 32.1. The third-order valence-electron chi connectivity index (χ3n) is 12.9. The molecule has 1 aromatic heterocycles. The van der Waals surface area contributed by atoms with E-state index >= 15 is 0 Å². The molecule has 11 rings (SSSR count). The molecule has 0 bridgehead atoms. The molecule has 5 heteroatoms. The first kappa shape index (κ1) is 37.0. The minimum absolute atomic E-state index is 0.232. The maximum atomic E-state index is 5.24. The fourth-order valence-corrected chi connectivity index (χ4v) is 10.2. The Morgan fingerprint density at radius 1 is 0.361 bits per heavy atom. The molecule has 0 amide bonds. The number of nitrogens with zero attached hydrogens (tertiary/aromatic N) is 4. The van der Waals surface area contributed by atoms with E-state index in [-0.39, 0.29) is 10.8 Å². The lowest BCUT2D eigenvalue weighted by Crippen LogP contribution is -2.30. The van der Waals surface area contributed by atoms with Crippen LogP contribution in [0.4, 0.5) is 34.1 Å². The summed E-state index contributed by atoms with van der Waals surface area (Å²) in [5, 5.41) is 0.911. The van der Waals surface area contributed by atoms with Crippen LogP contribution < -0.4 is 9.80 Å².